The maximum absolute atomic E-state index is 13.8. The van der Waals surface area contributed by atoms with Gasteiger partial charge < -0.3 is 5.11 Å². The summed E-state index contributed by atoms with van der Waals surface area (Å²) in [5.74, 6) is -2.31. The van der Waals surface area contributed by atoms with Crippen molar-refractivity contribution in [3.63, 3.8) is 0 Å². The van der Waals surface area contributed by atoms with Crippen LogP contribution in [0.3, 0.4) is 0 Å². The van der Waals surface area contributed by atoms with Crippen LogP contribution in [-0.2, 0) is 9.59 Å². The van der Waals surface area contributed by atoms with Gasteiger partial charge in [-0.1, -0.05) is 17.2 Å². The number of allylic oxidation sites excluding steroid dienone is 1. The molecule has 0 radical (unpaired) electrons. The zero-order valence-corrected chi connectivity index (χ0v) is 11.1. The van der Waals surface area contributed by atoms with Gasteiger partial charge >= 0.3 is 0 Å². The summed E-state index contributed by atoms with van der Waals surface area (Å²) < 4.78 is 13.8. The average Bonchev–Trinajstić information content (AvgIpc) is 2.60. The maximum atomic E-state index is 13.8. The first-order valence-corrected chi connectivity index (χ1v) is 5.92. The van der Waals surface area contributed by atoms with E-state index in [1.807, 2.05) is 0 Å². The van der Waals surface area contributed by atoms with Crippen molar-refractivity contribution < 1.29 is 19.1 Å². The number of hydrogen-bond acceptors (Lipinski definition) is 3. The van der Waals surface area contributed by atoms with Crippen molar-refractivity contribution in [2.75, 3.05) is 4.90 Å². The van der Waals surface area contributed by atoms with E-state index < -0.39 is 17.6 Å². The Morgan fingerprint density at radius 3 is 2.53 bits per heavy atom. The molecule has 1 N–H and O–H groups in total. The Morgan fingerprint density at radius 1 is 1.37 bits per heavy atom. The minimum absolute atomic E-state index is 0.0655. The molecular formula is C13H11ClFNO3. The third kappa shape index (κ3) is 2.21. The first-order valence-electron chi connectivity index (χ1n) is 5.54. The van der Waals surface area contributed by atoms with Crippen molar-refractivity contribution >= 4 is 29.1 Å². The third-order valence-corrected chi connectivity index (χ3v) is 3.20. The number of carbonyl (C=O) groups excluding carboxylic acids is 2. The molecule has 0 saturated carbocycles. The molecule has 1 heterocycles. The number of hydrogen-bond donors (Lipinski definition) is 1. The molecule has 0 atom stereocenters. The lowest BCUT2D eigenvalue weighted by atomic mass is 10.1. The monoisotopic (exact) mass is 283 g/mol. The Labute approximate surface area is 114 Å². The summed E-state index contributed by atoms with van der Waals surface area (Å²) in [6.07, 6.45) is -0.0655. The molecule has 1 aliphatic heterocycles. The number of benzene rings is 1. The fourth-order valence-electron chi connectivity index (χ4n) is 1.89. The predicted molar refractivity (Wildman–Crippen MR) is 68.6 cm³/mol. The highest BCUT2D eigenvalue weighted by Gasteiger charge is 2.37. The Hall–Kier alpha value is -1.88. The van der Waals surface area contributed by atoms with Crippen molar-refractivity contribution in [3.05, 3.63) is 34.1 Å². The highest BCUT2D eigenvalue weighted by Crippen LogP contribution is 2.35. The summed E-state index contributed by atoms with van der Waals surface area (Å²) in [6.45, 7) is 3.42. The van der Waals surface area contributed by atoms with Crippen LogP contribution in [0, 0.1) is 5.82 Å². The average molecular weight is 284 g/mol. The van der Waals surface area contributed by atoms with Gasteiger partial charge in [-0.3, -0.25) is 9.59 Å². The van der Waals surface area contributed by atoms with Gasteiger partial charge in [-0.25, -0.2) is 9.29 Å². The molecule has 0 aromatic heterocycles. The van der Waals surface area contributed by atoms with Gasteiger partial charge in [-0.2, -0.15) is 0 Å². The highest BCUT2D eigenvalue weighted by atomic mass is 35.5. The number of rotatable bonds is 1. The quantitative estimate of drug-likeness (QED) is 0.637. The third-order valence-electron chi connectivity index (χ3n) is 2.90. The molecule has 100 valence electrons. The summed E-state index contributed by atoms with van der Waals surface area (Å²) >= 11 is 5.56. The molecule has 4 nitrogen and oxygen atoms in total. The molecule has 1 aromatic rings. The molecule has 1 fully saturated rings. The van der Waals surface area contributed by atoms with E-state index in [1.54, 1.807) is 13.8 Å². The minimum Gasteiger partial charge on any atom is -0.506 e. The molecule has 2 rings (SSSR count). The second-order valence-electron chi connectivity index (χ2n) is 4.44. The van der Waals surface area contributed by atoms with Crippen molar-refractivity contribution in [1.82, 2.24) is 0 Å². The second-order valence-corrected chi connectivity index (χ2v) is 4.85. The van der Waals surface area contributed by atoms with Crippen LogP contribution in [0.4, 0.5) is 10.1 Å². The van der Waals surface area contributed by atoms with Crippen LogP contribution in [0.1, 0.15) is 20.3 Å². The highest BCUT2D eigenvalue weighted by molar-refractivity contribution is 6.32. The number of carbonyl (C=O) groups is 2. The van der Waals surface area contributed by atoms with E-state index in [1.165, 1.54) is 0 Å². The lowest BCUT2D eigenvalue weighted by molar-refractivity contribution is -0.120. The Morgan fingerprint density at radius 2 is 2.00 bits per heavy atom. The van der Waals surface area contributed by atoms with E-state index >= 15 is 0 Å². The van der Waals surface area contributed by atoms with Gasteiger partial charge in [-0.05, 0) is 19.9 Å². The first-order chi connectivity index (χ1) is 8.82. The molecule has 2 amide bonds. The van der Waals surface area contributed by atoms with Crippen LogP contribution in [0.25, 0.3) is 0 Å². The van der Waals surface area contributed by atoms with E-state index in [4.69, 9.17) is 11.6 Å². The fraction of sp³-hybridized carbons (Fsp3) is 0.231. The lowest BCUT2D eigenvalue weighted by Gasteiger charge is -2.15. The van der Waals surface area contributed by atoms with Crippen LogP contribution in [0.15, 0.2) is 23.3 Å². The van der Waals surface area contributed by atoms with E-state index in [-0.39, 0.29) is 22.9 Å². The number of imide groups is 1. The number of halogens is 2. The van der Waals surface area contributed by atoms with E-state index in [9.17, 15) is 19.1 Å². The van der Waals surface area contributed by atoms with Crippen molar-refractivity contribution in [2.24, 2.45) is 0 Å². The van der Waals surface area contributed by atoms with Crippen LogP contribution in [0.2, 0.25) is 5.02 Å². The van der Waals surface area contributed by atoms with E-state index in [0.717, 1.165) is 17.0 Å². The predicted octanol–water partition coefficient (Wildman–Crippen LogP) is 2.78. The Bertz CT molecular complexity index is 621. The molecular weight excluding hydrogens is 273 g/mol. The topological polar surface area (TPSA) is 57.6 Å². The first kappa shape index (κ1) is 13.5. The minimum atomic E-state index is -0.834. The number of amides is 2. The second kappa shape index (κ2) is 4.66. The van der Waals surface area contributed by atoms with Gasteiger partial charge in [0, 0.05) is 11.6 Å². The van der Waals surface area contributed by atoms with Crippen molar-refractivity contribution in [2.45, 2.75) is 20.3 Å². The maximum Gasteiger partial charge on any atom is 0.261 e. The van der Waals surface area contributed by atoms with Crippen LogP contribution < -0.4 is 4.90 Å². The molecule has 1 aliphatic rings. The van der Waals surface area contributed by atoms with E-state index in [2.05, 4.69) is 0 Å². The van der Waals surface area contributed by atoms with Crippen molar-refractivity contribution in [3.8, 4) is 5.75 Å². The van der Waals surface area contributed by atoms with Gasteiger partial charge in [0.2, 0.25) is 5.91 Å². The van der Waals surface area contributed by atoms with E-state index in [0.29, 0.717) is 11.1 Å². The van der Waals surface area contributed by atoms with Crippen LogP contribution in [0.5, 0.6) is 5.75 Å². The molecule has 0 bridgehead atoms. The normalized spacial score (nSPS) is 15.4. The summed E-state index contributed by atoms with van der Waals surface area (Å²) in [5, 5.41) is 9.29. The lowest BCUT2D eigenvalue weighted by Crippen LogP contribution is -2.29. The zero-order valence-electron chi connectivity index (χ0n) is 10.3. The summed E-state index contributed by atoms with van der Waals surface area (Å²) in [5.41, 5.74) is 0.770. The summed E-state index contributed by atoms with van der Waals surface area (Å²) in [6, 6.07) is 1.84. The smallest absolute Gasteiger partial charge is 0.261 e. The largest absolute Gasteiger partial charge is 0.506 e. The van der Waals surface area contributed by atoms with Crippen LogP contribution in [-0.4, -0.2) is 16.9 Å². The van der Waals surface area contributed by atoms with Gasteiger partial charge in [0.05, 0.1) is 17.1 Å². The number of anilines is 1. The number of aromatic hydroxyl groups is 1. The van der Waals surface area contributed by atoms with Crippen molar-refractivity contribution in [1.29, 1.82) is 0 Å². The molecule has 1 aromatic carbocycles. The number of nitrogens with zero attached hydrogens (tertiary/aromatic N) is 1. The molecule has 0 spiro atoms. The molecule has 19 heavy (non-hydrogen) atoms. The Kier molecular flexibility index (Phi) is 3.32. The van der Waals surface area contributed by atoms with Gasteiger partial charge in [-0.15, -0.1) is 0 Å². The van der Waals surface area contributed by atoms with Gasteiger partial charge in [0.15, 0.2) is 0 Å². The molecule has 6 heteroatoms. The molecule has 0 unspecified atom stereocenters. The van der Waals surface area contributed by atoms with Gasteiger partial charge in [0.25, 0.3) is 5.91 Å². The SMILES string of the molecule is CC(C)=C1CC(=O)N(c2cc(O)c(Cl)cc2F)C1=O. The number of phenolic OH excluding ortho intramolecular Hbond substituents is 1. The standard InChI is InChI=1S/C13H11ClFNO3/c1-6(2)7-3-12(18)16(13(7)19)10-5-11(17)8(14)4-9(10)15/h4-5,17H,3H2,1-2H3. The van der Waals surface area contributed by atoms with Gasteiger partial charge in [0.1, 0.15) is 11.6 Å². The summed E-state index contributed by atoms with van der Waals surface area (Å²) in [4.78, 5) is 24.6. The molecule has 0 aliphatic carbocycles. The Balaban J connectivity index is 2.55. The van der Waals surface area contributed by atoms with Crippen LogP contribution >= 0.6 is 11.6 Å². The fourth-order valence-corrected chi connectivity index (χ4v) is 2.04. The zero-order chi connectivity index (χ0) is 14.3. The summed E-state index contributed by atoms with van der Waals surface area (Å²) in [7, 11) is 0. The molecule has 1 saturated heterocycles. The number of phenols is 1.